The van der Waals surface area contributed by atoms with E-state index in [1.165, 1.54) is 22.3 Å². The lowest BCUT2D eigenvalue weighted by Crippen LogP contribution is -2.23. The number of nitrogens with two attached hydrogens (primary N) is 1. The minimum Gasteiger partial charge on any atom is -0.324 e. The summed E-state index contributed by atoms with van der Waals surface area (Å²) in [5.74, 6) is 0. The van der Waals surface area contributed by atoms with Crippen molar-refractivity contribution in [3.63, 3.8) is 0 Å². The second kappa shape index (κ2) is 5.39. The van der Waals surface area contributed by atoms with Crippen molar-refractivity contribution in [1.29, 1.82) is 0 Å². The van der Waals surface area contributed by atoms with Crippen LogP contribution in [0.1, 0.15) is 40.8 Å². The molecule has 1 aliphatic rings. The topological polar surface area (TPSA) is 29.3 Å². The average Bonchev–Trinajstić information content (AvgIpc) is 2.79. The first kappa shape index (κ1) is 13.3. The Kier molecular flexibility index (Phi) is 3.60. The zero-order valence-corrected chi connectivity index (χ0v) is 12.2. The number of hydrogen-bond acceptors (Lipinski definition) is 2. The first-order chi connectivity index (χ1) is 9.65. The summed E-state index contributed by atoms with van der Waals surface area (Å²) in [6.45, 7) is 3.09. The lowest BCUT2D eigenvalue weighted by Gasteiger charge is -2.25. The minimum absolute atomic E-state index is 0.177. The quantitative estimate of drug-likeness (QED) is 0.920. The van der Waals surface area contributed by atoms with Gasteiger partial charge in [0.25, 0.3) is 0 Å². The second-order valence-electron chi connectivity index (χ2n) is 5.89. The van der Waals surface area contributed by atoms with Crippen LogP contribution >= 0.6 is 0 Å². The normalized spacial score (nSPS) is 21.2. The van der Waals surface area contributed by atoms with Crippen molar-refractivity contribution in [3.05, 3.63) is 70.8 Å². The fraction of sp³-hybridized carbons (Fsp3) is 0.333. The van der Waals surface area contributed by atoms with E-state index in [0.717, 1.165) is 13.0 Å². The summed E-state index contributed by atoms with van der Waals surface area (Å²) in [4.78, 5) is 2.41. The van der Waals surface area contributed by atoms with Crippen LogP contribution in [-0.4, -0.2) is 11.9 Å². The molecule has 2 aromatic carbocycles. The van der Waals surface area contributed by atoms with Gasteiger partial charge >= 0.3 is 0 Å². The second-order valence-corrected chi connectivity index (χ2v) is 5.89. The maximum Gasteiger partial charge on any atom is 0.0369 e. The van der Waals surface area contributed by atoms with E-state index < -0.39 is 0 Å². The molecule has 0 fully saturated rings. The van der Waals surface area contributed by atoms with Gasteiger partial charge < -0.3 is 5.73 Å². The first-order valence-corrected chi connectivity index (χ1v) is 7.25. The van der Waals surface area contributed by atoms with E-state index >= 15 is 0 Å². The monoisotopic (exact) mass is 266 g/mol. The molecule has 2 unspecified atom stereocenters. The van der Waals surface area contributed by atoms with Crippen LogP contribution in [-0.2, 0) is 6.54 Å². The molecule has 0 heterocycles. The highest BCUT2D eigenvalue weighted by Gasteiger charge is 2.30. The lowest BCUT2D eigenvalue weighted by atomic mass is 10.1. The first-order valence-electron chi connectivity index (χ1n) is 7.25. The van der Waals surface area contributed by atoms with E-state index in [1.54, 1.807) is 0 Å². The summed E-state index contributed by atoms with van der Waals surface area (Å²) in [6.07, 6.45) is 1.02. The number of aryl methyl sites for hydroxylation is 1. The summed E-state index contributed by atoms with van der Waals surface area (Å²) in [5, 5.41) is 0. The molecule has 0 radical (unpaired) electrons. The van der Waals surface area contributed by atoms with Crippen LogP contribution in [0.2, 0.25) is 0 Å². The molecule has 0 aliphatic heterocycles. The van der Waals surface area contributed by atoms with Crippen LogP contribution in [0, 0.1) is 6.92 Å². The summed E-state index contributed by atoms with van der Waals surface area (Å²) in [7, 11) is 2.19. The van der Waals surface area contributed by atoms with Gasteiger partial charge in [-0.25, -0.2) is 0 Å². The molecule has 1 aliphatic carbocycles. The highest BCUT2D eigenvalue weighted by atomic mass is 15.1. The zero-order chi connectivity index (χ0) is 14.1. The van der Waals surface area contributed by atoms with Crippen molar-refractivity contribution in [3.8, 4) is 0 Å². The van der Waals surface area contributed by atoms with Gasteiger partial charge in [-0.05, 0) is 37.1 Å². The number of rotatable bonds is 3. The van der Waals surface area contributed by atoms with Gasteiger partial charge in [-0.3, -0.25) is 4.90 Å². The van der Waals surface area contributed by atoms with Gasteiger partial charge in [-0.15, -0.1) is 0 Å². The standard InChI is InChI=1S/C18H22N2/c1-13-7-9-14(10-8-13)12-20(2)18-11-17(19)15-5-3-4-6-16(15)18/h3-10,17-18H,11-12,19H2,1-2H3. The Morgan fingerprint density at radius 3 is 2.40 bits per heavy atom. The molecule has 0 spiro atoms. The lowest BCUT2D eigenvalue weighted by molar-refractivity contribution is 0.229. The highest BCUT2D eigenvalue weighted by Crippen LogP contribution is 2.40. The van der Waals surface area contributed by atoms with Gasteiger partial charge in [0.2, 0.25) is 0 Å². The van der Waals surface area contributed by atoms with Gasteiger partial charge in [0.15, 0.2) is 0 Å². The van der Waals surface area contributed by atoms with Crippen LogP contribution in [0.5, 0.6) is 0 Å². The fourth-order valence-corrected chi connectivity index (χ4v) is 3.16. The fourth-order valence-electron chi connectivity index (χ4n) is 3.16. The van der Waals surface area contributed by atoms with E-state index in [-0.39, 0.29) is 6.04 Å². The Balaban J connectivity index is 1.78. The van der Waals surface area contributed by atoms with Crippen molar-refractivity contribution in [1.82, 2.24) is 4.90 Å². The number of benzene rings is 2. The van der Waals surface area contributed by atoms with Crippen LogP contribution in [0.15, 0.2) is 48.5 Å². The number of nitrogens with zero attached hydrogens (tertiary/aromatic N) is 1. The average molecular weight is 266 g/mol. The van der Waals surface area contributed by atoms with Gasteiger partial charge in [0.1, 0.15) is 0 Å². The smallest absolute Gasteiger partial charge is 0.0369 e. The van der Waals surface area contributed by atoms with E-state index in [4.69, 9.17) is 5.73 Å². The van der Waals surface area contributed by atoms with Crippen molar-refractivity contribution in [2.45, 2.75) is 32.0 Å². The molecule has 0 saturated carbocycles. The zero-order valence-electron chi connectivity index (χ0n) is 12.2. The molecule has 2 atom stereocenters. The Morgan fingerprint density at radius 2 is 1.70 bits per heavy atom. The molecule has 0 bridgehead atoms. The number of hydrogen-bond donors (Lipinski definition) is 1. The minimum atomic E-state index is 0.177. The molecule has 20 heavy (non-hydrogen) atoms. The third kappa shape index (κ3) is 2.49. The SMILES string of the molecule is Cc1ccc(CN(C)C2CC(N)c3ccccc32)cc1. The molecule has 2 nitrogen and oxygen atoms in total. The summed E-state index contributed by atoms with van der Waals surface area (Å²) >= 11 is 0. The van der Waals surface area contributed by atoms with Gasteiger partial charge in [-0.1, -0.05) is 54.1 Å². The third-order valence-electron chi connectivity index (χ3n) is 4.32. The van der Waals surface area contributed by atoms with Crippen LogP contribution in [0.25, 0.3) is 0 Å². The molecule has 2 N–H and O–H groups in total. The molecule has 2 aromatic rings. The van der Waals surface area contributed by atoms with Crippen LogP contribution in [0.4, 0.5) is 0 Å². The molecular weight excluding hydrogens is 244 g/mol. The van der Waals surface area contributed by atoms with Crippen molar-refractivity contribution < 1.29 is 0 Å². The van der Waals surface area contributed by atoms with Gasteiger partial charge in [0, 0.05) is 18.6 Å². The van der Waals surface area contributed by atoms with Crippen molar-refractivity contribution in [2.24, 2.45) is 5.73 Å². The summed E-state index contributed by atoms with van der Waals surface area (Å²) < 4.78 is 0. The summed E-state index contributed by atoms with van der Waals surface area (Å²) in [6, 6.07) is 18.0. The van der Waals surface area contributed by atoms with Gasteiger partial charge in [0.05, 0.1) is 0 Å². The molecule has 2 heteroatoms. The van der Waals surface area contributed by atoms with Crippen molar-refractivity contribution in [2.75, 3.05) is 7.05 Å². The predicted octanol–water partition coefficient (Wildman–Crippen LogP) is 3.57. The molecule has 0 saturated heterocycles. The predicted molar refractivity (Wildman–Crippen MR) is 83.4 cm³/mol. The Hall–Kier alpha value is -1.64. The van der Waals surface area contributed by atoms with E-state index in [9.17, 15) is 0 Å². The number of fused-ring (bicyclic) bond motifs is 1. The van der Waals surface area contributed by atoms with Crippen molar-refractivity contribution >= 4 is 0 Å². The molecule has 3 rings (SSSR count). The maximum atomic E-state index is 6.26. The third-order valence-corrected chi connectivity index (χ3v) is 4.32. The Morgan fingerprint density at radius 1 is 1.05 bits per heavy atom. The van der Waals surface area contributed by atoms with Gasteiger partial charge in [-0.2, -0.15) is 0 Å². The highest BCUT2D eigenvalue weighted by molar-refractivity contribution is 5.37. The maximum absolute atomic E-state index is 6.26. The summed E-state index contributed by atoms with van der Waals surface area (Å²) in [5.41, 5.74) is 11.6. The van der Waals surface area contributed by atoms with E-state index in [2.05, 4.69) is 67.4 Å². The molecule has 0 amide bonds. The largest absolute Gasteiger partial charge is 0.324 e. The van der Waals surface area contributed by atoms with Crippen LogP contribution < -0.4 is 5.73 Å². The Bertz CT molecular complexity index is 589. The van der Waals surface area contributed by atoms with E-state index in [1.807, 2.05) is 0 Å². The molecule has 0 aromatic heterocycles. The van der Waals surface area contributed by atoms with E-state index in [0.29, 0.717) is 6.04 Å². The molecule has 104 valence electrons. The van der Waals surface area contributed by atoms with Crippen LogP contribution in [0.3, 0.4) is 0 Å². The Labute approximate surface area is 121 Å². The molecular formula is C18H22N2.